The van der Waals surface area contributed by atoms with E-state index in [2.05, 4.69) is 26.8 Å². The number of nitrogens with zero attached hydrogens (tertiary/aromatic N) is 1. The Labute approximate surface area is 147 Å². The number of ether oxygens (including phenoxy) is 3. The SMILES string of the molecule is CCC(C)(C)OC(CC(=O)OC)OCC(CC#N)CCC(C)(C)C. The Hall–Kier alpha value is -1.12. The van der Waals surface area contributed by atoms with Crippen molar-refractivity contribution in [2.45, 2.75) is 85.5 Å². The van der Waals surface area contributed by atoms with Crippen molar-refractivity contribution in [3.05, 3.63) is 0 Å². The first kappa shape index (κ1) is 22.9. The summed E-state index contributed by atoms with van der Waals surface area (Å²) in [5.41, 5.74) is -0.158. The standard InChI is InChI=1S/C19H35NO4/c1-8-19(5,6)24-17(13-16(21)22-7)23-14-15(10-12-20)9-11-18(2,3)4/h15,17H,8-11,13-14H2,1-7H3. The van der Waals surface area contributed by atoms with E-state index in [0.717, 1.165) is 19.3 Å². The molecule has 0 aliphatic heterocycles. The van der Waals surface area contributed by atoms with E-state index in [1.54, 1.807) is 0 Å². The van der Waals surface area contributed by atoms with Crippen LogP contribution in [0.1, 0.15) is 73.6 Å². The van der Waals surface area contributed by atoms with Gasteiger partial charge in [0.25, 0.3) is 0 Å². The predicted octanol–water partition coefficient (Wildman–Crippen LogP) is 4.45. The second kappa shape index (κ2) is 10.7. The van der Waals surface area contributed by atoms with Crippen molar-refractivity contribution in [3.8, 4) is 6.07 Å². The minimum absolute atomic E-state index is 0.0540. The molecular formula is C19H35NO4. The molecule has 0 rings (SSSR count). The maximum absolute atomic E-state index is 11.6. The van der Waals surface area contributed by atoms with Gasteiger partial charge in [0.2, 0.25) is 0 Å². The maximum Gasteiger partial charge on any atom is 0.310 e. The lowest BCUT2D eigenvalue weighted by Gasteiger charge is -2.30. The molecule has 0 aliphatic carbocycles. The number of methoxy groups -OCH3 is 1. The van der Waals surface area contributed by atoms with Crippen LogP contribution in [0.15, 0.2) is 0 Å². The first-order valence-corrected chi connectivity index (χ1v) is 8.76. The summed E-state index contributed by atoms with van der Waals surface area (Å²) in [5, 5.41) is 9.03. The average Bonchev–Trinajstić information content (AvgIpc) is 2.48. The number of rotatable bonds is 11. The summed E-state index contributed by atoms with van der Waals surface area (Å²) in [6, 6.07) is 2.23. The molecule has 0 saturated heterocycles. The molecule has 0 aromatic heterocycles. The highest BCUT2D eigenvalue weighted by molar-refractivity contribution is 5.69. The van der Waals surface area contributed by atoms with Crippen LogP contribution in [0.4, 0.5) is 0 Å². The van der Waals surface area contributed by atoms with Gasteiger partial charge in [-0.25, -0.2) is 0 Å². The van der Waals surface area contributed by atoms with Gasteiger partial charge in [0.1, 0.15) is 0 Å². The molecule has 0 bridgehead atoms. The Bertz CT molecular complexity index is 407. The molecule has 24 heavy (non-hydrogen) atoms. The molecule has 0 fully saturated rings. The summed E-state index contributed by atoms with van der Waals surface area (Å²) in [5.74, 6) is -0.221. The molecule has 0 aliphatic rings. The molecule has 0 amide bonds. The van der Waals surface area contributed by atoms with Crippen LogP contribution in [0.3, 0.4) is 0 Å². The zero-order chi connectivity index (χ0) is 18.8. The minimum Gasteiger partial charge on any atom is -0.469 e. The fourth-order valence-electron chi connectivity index (χ4n) is 2.05. The van der Waals surface area contributed by atoms with Crippen LogP contribution in [-0.2, 0) is 19.0 Å². The Morgan fingerprint density at radius 3 is 2.29 bits per heavy atom. The van der Waals surface area contributed by atoms with Crippen LogP contribution < -0.4 is 0 Å². The van der Waals surface area contributed by atoms with E-state index in [4.69, 9.17) is 19.5 Å². The number of carbonyl (C=O) groups is 1. The lowest BCUT2D eigenvalue weighted by Crippen LogP contribution is -2.34. The smallest absolute Gasteiger partial charge is 0.310 e. The molecule has 140 valence electrons. The van der Waals surface area contributed by atoms with Crippen LogP contribution in [0.5, 0.6) is 0 Å². The van der Waals surface area contributed by atoms with Crippen LogP contribution in [-0.4, -0.2) is 31.6 Å². The topological polar surface area (TPSA) is 68.6 Å². The van der Waals surface area contributed by atoms with Crippen LogP contribution in [0, 0.1) is 22.7 Å². The number of hydrogen-bond donors (Lipinski definition) is 0. The van der Waals surface area contributed by atoms with Crippen LogP contribution >= 0.6 is 0 Å². The van der Waals surface area contributed by atoms with E-state index < -0.39 is 6.29 Å². The van der Waals surface area contributed by atoms with E-state index in [1.165, 1.54) is 7.11 Å². The average molecular weight is 341 g/mol. The third kappa shape index (κ3) is 11.4. The van der Waals surface area contributed by atoms with Gasteiger partial charge in [-0.15, -0.1) is 0 Å². The fraction of sp³-hybridized carbons (Fsp3) is 0.895. The first-order chi connectivity index (χ1) is 11.0. The fourth-order valence-corrected chi connectivity index (χ4v) is 2.05. The van der Waals surface area contributed by atoms with Crippen molar-refractivity contribution in [2.75, 3.05) is 13.7 Å². The molecule has 0 spiro atoms. The van der Waals surface area contributed by atoms with Crippen molar-refractivity contribution < 1.29 is 19.0 Å². The molecule has 0 aromatic rings. The number of hydrogen-bond acceptors (Lipinski definition) is 5. The van der Waals surface area contributed by atoms with Crippen molar-refractivity contribution in [2.24, 2.45) is 11.3 Å². The normalized spacial score (nSPS) is 14.8. The molecule has 0 heterocycles. The molecule has 5 nitrogen and oxygen atoms in total. The zero-order valence-electron chi connectivity index (χ0n) is 16.5. The summed E-state index contributed by atoms with van der Waals surface area (Å²) in [6.45, 7) is 12.9. The second-order valence-corrected chi connectivity index (χ2v) is 8.10. The van der Waals surface area contributed by atoms with Crippen molar-refractivity contribution >= 4 is 5.97 Å². The molecule has 0 aromatic carbocycles. The molecule has 0 radical (unpaired) electrons. The zero-order valence-corrected chi connectivity index (χ0v) is 16.5. The summed E-state index contributed by atoms with van der Waals surface area (Å²) in [7, 11) is 1.35. The van der Waals surface area contributed by atoms with Gasteiger partial charge in [0.05, 0.1) is 31.8 Å². The monoisotopic (exact) mass is 341 g/mol. The van der Waals surface area contributed by atoms with E-state index in [1.807, 2.05) is 20.8 Å². The largest absolute Gasteiger partial charge is 0.469 e. The predicted molar refractivity (Wildman–Crippen MR) is 94.2 cm³/mol. The van der Waals surface area contributed by atoms with Gasteiger partial charge in [-0.2, -0.15) is 5.26 Å². The van der Waals surface area contributed by atoms with Gasteiger partial charge in [-0.3, -0.25) is 4.79 Å². The van der Waals surface area contributed by atoms with E-state index in [9.17, 15) is 4.79 Å². The Morgan fingerprint density at radius 1 is 1.21 bits per heavy atom. The Balaban J connectivity index is 4.72. The van der Waals surface area contributed by atoms with Crippen molar-refractivity contribution in [1.29, 1.82) is 5.26 Å². The molecule has 2 atom stereocenters. The van der Waals surface area contributed by atoms with Gasteiger partial charge in [-0.05, 0) is 44.4 Å². The van der Waals surface area contributed by atoms with Gasteiger partial charge in [0.15, 0.2) is 6.29 Å². The lowest BCUT2D eigenvalue weighted by molar-refractivity contribution is -0.212. The highest BCUT2D eigenvalue weighted by Gasteiger charge is 2.26. The molecule has 0 N–H and O–H groups in total. The quantitative estimate of drug-likeness (QED) is 0.410. The minimum atomic E-state index is -0.650. The second-order valence-electron chi connectivity index (χ2n) is 8.10. The van der Waals surface area contributed by atoms with Crippen molar-refractivity contribution in [1.82, 2.24) is 0 Å². The van der Waals surface area contributed by atoms with Gasteiger partial charge >= 0.3 is 5.97 Å². The number of carbonyl (C=O) groups excluding carboxylic acids is 1. The van der Waals surface area contributed by atoms with E-state index in [-0.39, 0.29) is 29.3 Å². The van der Waals surface area contributed by atoms with Crippen LogP contribution in [0.2, 0.25) is 0 Å². The summed E-state index contributed by atoms with van der Waals surface area (Å²) in [4.78, 5) is 11.6. The van der Waals surface area contributed by atoms with Gasteiger partial charge < -0.3 is 14.2 Å². The highest BCUT2D eigenvalue weighted by atomic mass is 16.7. The third-order valence-corrected chi connectivity index (χ3v) is 4.06. The molecule has 5 heteroatoms. The third-order valence-electron chi connectivity index (χ3n) is 4.06. The first-order valence-electron chi connectivity index (χ1n) is 8.76. The Kier molecular flexibility index (Phi) is 10.2. The summed E-state index contributed by atoms with van der Waals surface area (Å²) < 4.78 is 16.5. The highest BCUT2D eigenvalue weighted by Crippen LogP contribution is 2.26. The maximum atomic E-state index is 11.6. The number of nitriles is 1. The van der Waals surface area contributed by atoms with Crippen molar-refractivity contribution in [3.63, 3.8) is 0 Å². The van der Waals surface area contributed by atoms with Gasteiger partial charge in [-0.1, -0.05) is 27.7 Å². The summed E-state index contributed by atoms with van der Waals surface area (Å²) >= 11 is 0. The molecule has 0 saturated carbocycles. The van der Waals surface area contributed by atoms with Crippen LogP contribution in [0.25, 0.3) is 0 Å². The summed E-state index contributed by atoms with van der Waals surface area (Å²) in [6.07, 6.45) is 2.59. The number of esters is 1. The van der Waals surface area contributed by atoms with Gasteiger partial charge in [0, 0.05) is 6.42 Å². The lowest BCUT2D eigenvalue weighted by atomic mass is 9.86. The molecular weight excluding hydrogens is 306 g/mol. The van der Waals surface area contributed by atoms with E-state index in [0.29, 0.717) is 13.0 Å². The van der Waals surface area contributed by atoms with E-state index >= 15 is 0 Å². The molecule has 2 unspecified atom stereocenters. The Morgan fingerprint density at radius 2 is 1.83 bits per heavy atom.